The molecular weight excluding hydrogens is 292 g/mol. The Labute approximate surface area is 106 Å². The predicted octanol–water partition coefficient (Wildman–Crippen LogP) is 4.49. The Hall–Kier alpha value is -1.36. The van der Waals surface area contributed by atoms with Crippen LogP contribution in [0.15, 0.2) is 39.4 Å². The van der Waals surface area contributed by atoms with E-state index in [0.717, 1.165) is 18.2 Å². The minimum Gasteiger partial charge on any atom is -0.452 e. The number of halogens is 3. The van der Waals surface area contributed by atoms with Crippen LogP contribution in [0.25, 0.3) is 0 Å². The number of hydrogen-bond acceptors (Lipinski definition) is 2. The first kappa shape index (κ1) is 12.1. The van der Waals surface area contributed by atoms with Crippen LogP contribution in [0.4, 0.5) is 14.5 Å². The van der Waals surface area contributed by atoms with Crippen LogP contribution in [0.3, 0.4) is 0 Å². The Balaban J connectivity index is 2.18. The molecule has 0 aliphatic rings. The molecule has 90 valence electrons. The summed E-state index contributed by atoms with van der Waals surface area (Å²) in [5, 5.41) is 2.85. The molecular formula is C12H10BrF2NO. The molecule has 1 heterocycles. The van der Waals surface area contributed by atoms with Crippen LogP contribution in [-0.2, 0) is 0 Å². The summed E-state index contributed by atoms with van der Waals surface area (Å²) in [5.74, 6) is -0.342. The number of hydrogen-bond donors (Lipinski definition) is 1. The van der Waals surface area contributed by atoms with Crippen LogP contribution < -0.4 is 5.32 Å². The van der Waals surface area contributed by atoms with Crippen molar-refractivity contribution in [2.24, 2.45) is 0 Å². The lowest BCUT2D eigenvalue weighted by Crippen LogP contribution is -2.07. The van der Waals surface area contributed by atoms with Gasteiger partial charge in [0.05, 0.1) is 11.7 Å². The first-order chi connectivity index (χ1) is 8.06. The number of anilines is 1. The minimum absolute atomic E-state index is 0.116. The zero-order valence-electron chi connectivity index (χ0n) is 9.01. The van der Waals surface area contributed by atoms with E-state index in [1.807, 2.05) is 0 Å². The largest absolute Gasteiger partial charge is 0.452 e. The van der Waals surface area contributed by atoms with Gasteiger partial charge < -0.3 is 9.73 Å². The van der Waals surface area contributed by atoms with Gasteiger partial charge in [-0.15, -0.1) is 0 Å². The fourth-order valence-electron chi connectivity index (χ4n) is 1.47. The number of rotatable bonds is 3. The summed E-state index contributed by atoms with van der Waals surface area (Å²) < 4.78 is 32.3. The van der Waals surface area contributed by atoms with E-state index in [0.29, 0.717) is 10.4 Å². The third-order valence-corrected chi connectivity index (χ3v) is 2.75. The Morgan fingerprint density at radius 2 is 2.00 bits per heavy atom. The molecule has 0 spiro atoms. The SMILES string of the molecule is CC(Nc1cc(F)ccc1F)c1ccc(Br)o1. The van der Waals surface area contributed by atoms with Gasteiger partial charge in [-0.05, 0) is 53.2 Å². The lowest BCUT2D eigenvalue weighted by molar-refractivity contribution is 0.470. The third kappa shape index (κ3) is 2.85. The predicted molar refractivity (Wildman–Crippen MR) is 64.8 cm³/mol. The molecule has 17 heavy (non-hydrogen) atoms. The van der Waals surface area contributed by atoms with E-state index in [1.54, 1.807) is 19.1 Å². The molecule has 1 aromatic carbocycles. The second kappa shape index (κ2) is 4.87. The Morgan fingerprint density at radius 1 is 1.24 bits per heavy atom. The molecule has 1 atom stereocenters. The fraction of sp³-hybridized carbons (Fsp3) is 0.167. The molecule has 0 radical (unpaired) electrons. The van der Waals surface area contributed by atoms with Gasteiger partial charge in [0, 0.05) is 0 Å². The molecule has 2 aromatic rings. The molecule has 2 nitrogen and oxygen atoms in total. The van der Waals surface area contributed by atoms with Crippen molar-refractivity contribution < 1.29 is 13.2 Å². The molecule has 0 aliphatic carbocycles. The topological polar surface area (TPSA) is 25.2 Å². The first-order valence-electron chi connectivity index (χ1n) is 5.03. The maximum absolute atomic E-state index is 13.4. The summed E-state index contributed by atoms with van der Waals surface area (Å²) >= 11 is 3.18. The maximum Gasteiger partial charge on any atom is 0.169 e. The van der Waals surface area contributed by atoms with Gasteiger partial charge in [0.2, 0.25) is 0 Å². The average molecular weight is 302 g/mol. The van der Waals surface area contributed by atoms with Gasteiger partial charge in [-0.2, -0.15) is 0 Å². The van der Waals surface area contributed by atoms with Crippen LogP contribution in [-0.4, -0.2) is 0 Å². The van der Waals surface area contributed by atoms with Gasteiger partial charge in [0.15, 0.2) is 4.67 Å². The molecule has 1 aromatic heterocycles. The van der Waals surface area contributed by atoms with E-state index in [9.17, 15) is 8.78 Å². The van der Waals surface area contributed by atoms with Crippen LogP contribution in [0.5, 0.6) is 0 Å². The molecule has 2 rings (SSSR count). The lowest BCUT2D eigenvalue weighted by Gasteiger charge is -2.13. The normalized spacial score (nSPS) is 12.5. The summed E-state index contributed by atoms with van der Waals surface area (Å²) in [6.07, 6.45) is 0. The van der Waals surface area contributed by atoms with Crippen LogP contribution in [0.2, 0.25) is 0 Å². The van der Waals surface area contributed by atoms with E-state index in [1.165, 1.54) is 0 Å². The number of furan rings is 1. The van der Waals surface area contributed by atoms with Gasteiger partial charge in [0.25, 0.3) is 0 Å². The Morgan fingerprint density at radius 3 is 2.65 bits per heavy atom. The molecule has 0 saturated carbocycles. The Bertz CT molecular complexity index is 527. The van der Waals surface area contributed by atoms with E-state index in [-0.39, 0.29) is 11.7 Å². The highest BCUT2D eigenvalue weighted by molar-refractivity contribution is 9.10. The molecule has 0 saturated heterocycles. The quantitative estimate of drug-likeness (QED) is 0.903. The highest BCUT2D eigenvalue weighted by Gasteiger charge is 2.12. The average Bonchev–Trinajstić information content (AvgIpc) is 2.70. The van der Waals surface area contributed by atoms with Crippen molar-refractivity contribution >= 4 is 21.6 Å². The smallest absolute Gasteiger partial charge is 0.169 e. The second-order valence-corrected chi connectivity index (χ2v) is 4.41. The molecule has 0 bridgehead atoms. The zero-order valence-corrected chi connectivity index (χ0v) is 10.6. The van der Waals surface area contributed by atoms with E-state index in [4.69, 9.17) is 4.42 Å². The molecule has 0 fully saturated rings. The first-order valence-corrected chi connectivity index (χ1v) is 5.82. The maximum atomic E-state index is 13.4. The molecule has 0 amide bonds. The van der Waals surface area contributed by atoms with E-state index in [2.05, 4.69) is 21.2 Å². The Kier molecular flexibility index (Phi) is 3.47. The van der Waals surface area contributed by atoms with Crippen molar-refractivity contribution in [1.29, 1.82) is 0 Å². The summed E-state index contributed by atoms with van der Waals surface area (Å²) in [6, 6.07) is 6.53. The van der Waals surface area contributed by atoms with Crippen molar-refractivity contribution in [3.05, 3.63) is 52.4 Å². The molecule has 5 heteroatoms. The van der Waals surface area contributed by atoms with Gasteiger partial charge in [-0.25, -0.2) is 8.78 Å². The van der Waals surface area contributed by atoms with Gasteiger partial charge in [-0.1, -0.05) is 0 Å². The van der Waals surface area contributed by atoms with Crippen LogP contribution >= 0.6 is 15.9 Å². The second-order valence-electron chi connectivity index (χ2n) is 3.63. The van der Waals surface area contributed by atoms with Gasteiger partial charge >= 0.3 is 0 Å². The number of nitrogens with one attached hydrogen (secondary N) is 1. The lowest BCUT2D eigenvalue weighted by atomic mass is 10.2. The molecule has 1 N–H and O–H groups in total. The van der Waals surface area contributed by atoms with Crippen molar-refractivity contribution in [3.8, 4) is 0 Å². The van der Waals surface area contributed by atoms with Crippen molar-refractivity contribution in [2.75, 3.05) is 5.32 Å². The van der Waals surface area contributed by atoms with Gasteiger partial charge in [-0.3, -0.25) is 0 Å². The standard InChI is InChI=1S/C12H10BrF2NO/c1-7(11-4-5-12(13)17-11)16-10-6-8(14)2-3-9(10)15/h2-7,16H,1H3. The summed E-state index contributed by atoms with van der Waals surface area (Å²) in [5.41, 5.74) is 0.116. The van der Waals surface area contributed by atoms with Crippen molar-refractivity contribution in [2.45, 2.75) is 13.0 Å². The highest BCUT2D eigenvalue weighted by Crippen LogP contribution is 2.25. The molecule has 0 aliphatic heterocycles. The third-order valence-electron chi connectivity index (χ3n) is 2.32. The van der Waals surface area contributed by atoms with Crippen LogP contribution in [0, 0.1) is 11.6 Å². The van der Waals surface area contributed by atoms with E-state index >= 15 is 0 Å². The zero-order chi connectivity index (χ0) is 12.4. The van der Waals surface area contributed by atoms with Crippen molar-refractivity contribution in [1.82, 2.24) is 0 Å². The summed E-state index contributed by atoms with van der Waals surface area (Å²) in [7, 11) is 0. The summed E-state index contributed by atoms with van der Waals surface area (Å²) in [6.45, 7) is 1.80. The summed E-state index contributed by atoms with van der Waals surface area (Å²) in [4.78, 5) is 0. The van der Waals surface area contributed by atoms with Gasteiger partial charge in [0.1, 0.15) is 17.4 Å². The van der Waals surface area contributed by atoms with Crippen molar-refractivity contribution in [3.63, 3.8) is 0 Å². The monoisotopic (exact) mass is 301 g/mol. The fourth-order valence-corrected chi connectivity index (χ4v) is 1.79. The minimum atomic E-state index is -0.496. The van der Waals surface area contributed by atoms with Crippen LogP contribution in [0.1, 0.15) is 18.7 Å². The highest BCUT2D eigenvalue weighted by atomic mass is 79.9. The molecule has 1 unspecified atom stereocenters. The van der Waals surface area contributed by atoms with E-state index < -0.39 is 11.6 Å². The number of benzene rings is 1.